The van der Waals surface area contributed by atoms with E-state index in [0.717, 1.165) is 29.6 Å². The molecule has 0 aromatic heterocycles. The maximum atomic E-state index is 11.3. The lowest BCUT2D eigenvalue weighted by molar-refractivity contribution is -0.923. The average molecular weight is 399 g/mol. The first-order valence-corrected chi connectivity index (χ1v) is 10.7. The molecule has 1 aromatic carbocycles. The Hall–Kier alpha value is -1.70. The summed E-state index contributed by atoms with van der Waals surface area (Å²) in [6.45, 7) is 19.3. The second-order valence-electron chi connectivity index (χ2n) is 6.67. The Bertz CT molecular complexity index is 685. The first-order chi connectivity index (χ1) is 12.5. The van der Waals surface area contributed by atoms with E-state index in [1.165, 1.54) is 31.8 Å². The molecule has 0 radical (unpaired) electrons. The molecular formula is C20H34N2O4S. The lowest BCUT2D eigenvalue weighted by Gasteiger charge is -2.35. The highest BCUT2D eigenvalue weighted by molar-refractivity contribution is 7.85. The van der Waals surface area contributed by atoms with E-state index in [-0.39, 0.29) is 10.8 Å². The third kappa shape index (κ3) is 9.70. The summed E-state index contributed by atoms with van der Waals surface area (Å²) in [6.07, 6.45) is 1.04. The van der Waals surface area contributed by atoms with Crippen LogP contribution >= 0.6 is 0 Å². The van der Waals surface area contributed by atoms with Gasteiger partial charge in [-0.25, -0.2) is 8.42 Å². The molecule has 0 saturated heterocycles. The van der Waals surface area contributed by atoms with Crippen LogP contribution in [0.15, 0.2) is 41.3 Å². The highest BCUT2D eigenvalue weighted by atomic mass is 32.2. The van der Waals surface area contributed by atoms with Gasteiger partial charge in [-0.15, -0.1) is 0 Å². The highest BCUT2D eigenvalue weighted by Gasteiger charge is 2.19. The third-order valence-corrected chi connectivity index (χ3v) is 5.65. The zero-order valence-electron chi connectivity index (χ0n) is 17.2. The van der Waals surface area contributed by atoms with Crippen LogP contribution in [0.3, 0.4) is 0 Å². The van der Waals surface area contributed by atoms with Crippen LogP contribution in [0.25, 0.3) is 0 Å². The van der Waals surface area contributed by atoms with Crippen LogP contribution in [-0.4, -0.2) is 56.1 Å². The summed E-state index contributed by atoms with van der Waals surface area (Å²) < 4.78 is 32.3. The van der Waals surface area contributed by atoms with Gasteiger partial charge in [0.15, 0.2) is 0 Å². The number of hydrogen-bond acceptors (Lipinski definition) is 4. The minimum absolute atomic E-state index is 0.0254. The van der Waals surface area contributed by atoms with Gasteiger partial charge in [0.1, 0.15) is 10.1 Å². The minimum atomic E-state index is -4.27. The van der Waals surface area contributed by atoms with Gasteiger partial charge >= 0.3 is 0 Å². The molecule has 154 valence electrons. The SMILES string of the molecule is C=C(C)C(=O)NCCC[N+](CC)(CC)CC.Cc1ccc(S(=O)(=O)[O-])cc1. The van der Waals surface area contributed by atoms with Crippen molar-refractivity contribution in [3.05, 3.63) is 42.0 Å². The lowest BCUT2D eigenvalue weighted by Crippen LogP contribution is -2.48. The van der Waals surface area contributed by atoms with E-state index in [4.69, 9.17) is 0 Å². The van der Waals surface area contributed by atoms with Gasteiger partial charge in [0, 0.05) is 18.5 Å². The lowest BCUT2D eigenvalue weighted by atomic mass is 10.2. The molecule has 0 bridgehead atoms. The van der Waals surface area contributed by atoms with Crippen molar-refractivity contribution in [3.8, 4) is 0 Å². The van der Waals surface area contributed by atoms with E-state index in [2.05, 4.69) is 32.7 Å². The van der Waals surface area contributed by atoms with Crippen LogP contribution < -0.4 is 5.32 Å². The molecule has 7 heteroatoms. The summed E-state index contributed by atoms with van der Waals surface area (Å²) in [4.78, 5) is 11.1. The van der Waals surface area contributed by atoms with E-state index in [9.17, 15) is 17.8 Å². The molecule has 1 amide bonds. The zero-order valence-corrected chi connectivity index (χ0v) is 18.1. The second kappa shape index (κ2) is 11.9. The Morgan fingerprint density at radius 2 is 1.59 bits per heavy atom. The maximum absolute atomic E-state index is 11.3. The number of carbonyl (C=O) groups is 1. The van der Waals surface area contributed by atoms with Crippen molar-refractivity contribution in [2.75, 3.05) is 32.7 Å². The number of amides is 1. The molecule has 0 spiro atoms. The Kier molecular flexibility index (Phi) is 11.1. The predicted octanol–water partition coefficient (Wildman–Crippen LogP) is 2.84. The average Bonchev–Trinajstić information content (AvgIpc) is 2.62. The molecule has 0 aliphatic carbocycles. The number of rotatable bonds is 9. The fourth-order valence-electron chi connectivity index (χ4n) is 2.62. The molecule has 0 atom stereocenters. The Balaban J connectivity index is 0.000000533. The van der Waals surface area contributed by atoms with Crippen molar-refractivity contribution in [2.24, 2.45) is 0 Å². The van der Waals surface area contributed by atoms with Crippen LogP contribution in [0.2, 0.25) is 0 Å². The Morgan fingerprint density at radius 1 is 1.11 bits per heavy atom. The molecule has 0 heterocycles. The van der Waals surface area contributed by atoms with Crippen LogP contribution in [-0.2, 0) is 14.9 Å². The minimum Gasteiger partial charge on any atom is -0.744 e. The number of nitrogens with zero attached hydrogens (tertiary/aromatic N) is 1. The van der Waals surface area contributed by atoms with E-state index in [1.54, 1.807) is 19.1 Å². The molecule has 0 fully saturated rings. The molecule has 1 aromatic rings. The Morgan fingerprint density at radius 3 is 1.96 bits per heavy atom. The third-order valence-electron chi connectivity index (χ3n) is 4.80. The first-order valence-electron chi connectivity index (χ1n) is 9.32. The summed E-state index contributed by atoms with van der Waals surface area (Å²) in [6, 6.07) is 5.78. The quantitative estimate of drug-likeness (QED) is 0.300. The fraction of sp³-hybridized carbons (Fsp3) is 0.550. The topological polar surface area (TPSA) is 86.3 Å². The van der Waals surface area contributed by atoms with Crippen molar-refractivity contribution in [1.29, 1.82) is 0 Å². The molecule has 0 saturated carbocycles. The molecule has 1 N–H and O–H groups in total. The first kappa shape index (κ1) is 25.3. The van der Waals surface area contributed by atoms with Crippen LogP contribution in [0, 0.1) is 6.92 Å². The van der Waals surface area contributed by atoms with Crippen molar-refractivity contribution in [3.63, 3.8) is 0 Å². The fourth-order valence-corrected chi connectivity index (χ4v) is 3.09. The van der Waals surface area contributed by atoms with Gasteiger partial charge in [0.05, 0.1) is 31.1 Å². The van der Waals surface area contributed by atoms with Gasteiger partial charge in [-0.05, 0) is 46.8 Å². The van der Waals surface area contributed by atoms with Gasteiger partial charge in [-0.2, -0.15) is 0 Å². The number of carbonyl (C=O) groups excluding carboxylic acids is 1. The summed E-state index contributed by atoms with van der Waals surface area (Å²) in [7, 11) is -4.27. The molecule has 0 aliphatic heterocycles. The maximum Gasteiger partial charge on any atom is 0.246 e. The number of aryl methyl sites for hydroxylation is 1. The van der Waals surface area contributed by atoms with E-state index < -0.39 is 10.1 Å². The van der Waals surface area contributed by atoms with Gasteiger partial charge < -0.3 is 14.4 Å². The number of hydrogen-bond donors (Lipinski definition) is 1. The largest absolute Gasteiger partial charge is 0.744 e. The van der Waals surface area contributed by atoms with Gasteiger partial charge in [0.2, 0.25) is 5.91 Å². The number of nitrogens with one attached hydrogen (secondary N) is 1. The standard InChI is InChI=1S/C13H26N2O.C7H8O3S/c1-6-15(7-2,8-3)11-9-10-14-13(16)12(4)5;1-6-2-4-7(5-3-6)11(8,9)10/h4,6-11H2,1-3,5H3;2-5H,1H3,(H,8,9,10). The van der Waals surface area contributed by atoms with E-state index in [1.807, 2.05) is 6.92 Å². The van der Waals surface area contributed by atoms with E-state index >= 15 is 0 Å². The molecular weight excluding hydrogens is 364 g/mol. The summed E-state index contributed by atoms with van der Waals surface area (Å²) in [5, 5.41) is 2.88. The summed E-state index contributed by atoms with van der Waals surface area (Å²) in [5.41, 5.74) is 1.51. The van der Waals surface area contributed by atoms with Crippen molar-refractivity contribution in [2.45, 2.75) is 45.9 Å². The van der Waals surface area contributed by atoms with Crippen LogP contribution in [0.4, 0.5) is 0 Å². The zero-order chi connectivity index (χ0) is 21.1. The molecule has 6 nitrogen and oxygen atoms in total. The van der Waals surface area contributed by atoms with Crippen LogP contribution in [0.5, 0.6) is 0 Å². The Labute approximate surface area is 164 Å². The monoisotopic (exact) mass is 398 g/mol. The van der Waals surface area contributed by atoms with Crippen molar-refractivity contribution >= 4 is 16.0 Å². The predicted molar refractivity (Wildman–Crippen MR) is 108 cm³/mol. The molecule has 1 rings (SSSR count). The normalized spacial score (nSPS) is 11.3. The van der Waals surface area contributed by atoms with Crippen LogP contribution in [0.1, 0.15) is 39.7 Å². The summed E-state index contributed by atoms with van der Waals surface area (Å²) >= 11 is 0. The van der Waals surface area contributed by atoms with Gasteiger partial charge in [0.25, 0.3) is 0 Å². The van der Waals surface area contributed by atoms with Crippen molar-refractivity contribution in [1.82, 2.24) is 5.32 Å². The molecule has 0 unspecified atom stereocenters. The number of benzene rings is 1. The molecule has 0 aliphatic rings. The number of quaternary nitrogens is 1. The van der Waals surface area contributed by atoms with E-state index in [0.29, 0.717) is 5.57 Å². The highest BCUT2D eigenvalue weighted by Crippen LogP contribution is 2.08. The second-order valence-corrected chi connectivity index (χ2v) is 8.05. The van der Waals surface area contributed by atoms with Crippen molar-refractivity contribution < 1.29 is 22.2 Å². The van der Waals surface area contributed by atoms with Gasteiger partial charge in [-0.1, -0.05) is 24.3 Å². The summed E-state index contributed by atoms with van der Waals surface area (Å²) in [5.74, 6) is -0.0254. The van der Waals surface area contributed by atoms with Gasteiger partial charge in [-0.3, -0.25) is 4.79 Å². The smallest absolute Gasteiger partial charge is 0.246 e. The molecule has 27 heavy (non-hydrogen) atoms.